The quantitative estimate of drug-likeness (QED) is 0.216. The lowest BCUT2D eigenvalue weighted by Gasteiger charge is -2.11. The number of ether oxygens (including phenoxy) is 1. The van der Waals surface area contributed by atoms with E-state index in [0.717, 1.165) is 35.1 Å². The van der Waals surface area contributed by atoms with Gasteiger partial charge in [-0.1, -0.05) is 57.0 Å². The Bertz CT molecular complexity index is 1180. The van der Waals surface area contributed by atoms with Gasteiger partial charge in [0.05, 0.1) is 28.3 Å². The van der Waals surface area contributed by atoms with Crippen LogP contribution < -0.4 is 4.74 Å². The van der Waals surface area contributed by atoms with Crippen molar-refractivity contribution >= 4 is 22.4 Å². The second-order valence-corrected chi connectivity index (χ2v) is 9.64. The van der Waals surface area contributed by atoms with Crippen molar-refractivity contribution in [3.63, 3.8) is 0 Å². The molecule has 4 aromatic rings. The summed E-state index contributed by atoms with van der Waals surface area (Å²) in [5.74, 6) is 1.14. The van der Waals surface area contributed by atoms with Gasteiger partial charge in [-0.3, -0.25) is 0 Å². The molecule has 4 rings (SSSR count). The maximum atomic E-state index is 5.84. The number of aryl methyl sites for hydroxylation is 2. The van der Waals surface area contributed by atoms with Crippen molar-refractivity contribution in [1.82, 2.24) is 15.0 Å². The molecule has 4 nitrogen and oxygen atoms in total. The number of hydrogen-bond donors (Lipinski definition) is 0. The standard InChI is InChI=1S/C28H33N3OS/c1-4-32-27-26(30-24-16-9-10-17-25(24)31-27)22-14-11-13-21(18-22)12-7-5-6-8-15-23-19-33-28(29-23)20(2)3/h9-11,13-14,16-20H,4-8,12,15H2,1-3H3. The molecule has 2 aromatic heterocycles. The van der Waals surface area contributed by atoms with Crippen molar-refractivity contribution in [2.45, 2.75) is 65.2 Å². The zero-order valence-corrected chi connectivity index (χ0v) is 20.7. The molecule has 0 saturated carbocycles. The lowest BCUT2D eigenvalue weighted by molar-refractivity contribution is 0.328. The van der Waals surface area contributed by atoms with Crippen molar-refractivity contribution in [3.05, 3.63) is 70.2 Å². The summed E-state index contributed by atoms with van der Waals surface area (Å²) in [5, 5.41) is 3.49. The Hall–Kier alpha value is -2.79. The highest BCUT2D eigenvalue weighted by molar-refractivity contribution is 7.09. The average molecular weight is 460 g/mol. The fourth-order valence-electron chi connectivity index (χ4n) is 3.97. The lowest BCUT2D eigenvalue weighted by atomic mass is 10.0. The molecular formula is C28H33N3OS. The Morgan fingerprint density at radius 2 is 1.61 bits per heavy atom. The number of para-hydroxylation sites is 2. The summed E-state index contributed by atoms with van der Waals surface area (Å²) < 4.78 is 5.84. The van der Waals surface area contributed by atoms with Gasteiger partial charge in [0.2, 0.25) is 5.88 Å². The molecule has 0 saturated heterocycles. The Morgan fingerprint density at radius 3 is 2.33 bits per heavy atom. The van der Waals surface area contributed by atoms with Crippen molar-refractivity contribution in [1.29, 1.82) is 0 Å². The zero-order chi connectivity index (χ0) is 23.0. The van der Waals surface area contributed by atoms with Crippen LogP contribution in [0.4, 0.5) is 0 Å². The molecule has 0 amide bonds. The number of thiazole rings is 1. The van der Waals surface area contributed by atoms with E-state index in [1.807, 2.05) is 31.2 Å². The van der Waals surface area contributed by atoms with E-state index in [2.05, 4.69) is 43.5 Å². The maximum Gasteiger partial charge on any atom is 0.241 e. The SMILES string of the molecule is CCOc1nc2ccccc2nc1-c1cccc(CCCCCCc2csc(C(C)C)n2)c1. The molecule has 0 aliphatic rings. The van der Waals surface area contributed by atoms with Gasteiger partial charge in [-0.25, -0.2) is 15.0 Å². The number of aromatic nitrogens is 3. The van der Waals surface area contributed by atoms with Gasteiger partial charge in [-0.05, 0) is 56.4 Å². The van der Waals surface area contributed by atoms with Gasteiger partial charge < -0.3 is 4.74 Å². The smallest absolute Gasteiger partial charge is 0.241 e. The Labute approximate surface area is 201 Å². The molecule has 172 valence electrons. The van der Waals surface area contributed by atoms with Crippen LogP contribution in [0, 0.1) is 0 Å². The average Bonchev–Trinajstić information content (AvgIpc) is 3.31. The van der Waals surface area contributed by atoms with Crippen LogP contribution in [-0.4, -0.2) is 21.6 Å². The van der Waals surface area contributed by atoms with Crippen LogP contribution in [0.25, 0.3) is 22.3 Å². The summed E-state index contributed by atoms with van der Waals surface area (Å²) in [4.78, 5) is 14.3. The summed E-state index contributed by atoms with van der Waals surface area (Å²) in [6.45, 7) is 6.97. The van der Waals surface area contributed by atoms with Crippen LogP contribution in [0.1, 0.15) is 68.6 Å². The van der Waals surface area contributed by atoms with Gasteiger partial charge in [-0.15, -0.1) is 11.3 Å². The van der Waals surface area contributed by atoms with E-state index in [1.165, 1.54) is 41.9 Å². The van der Waals surface area contributed by atoms with Crippen LogP contribution in [-0.2, 0) is 12.8 Å². The summed E-state index contributed by atoms with van der Waals surface area (Å²) in [5.41, 5.74) is 6.24. The van der Waals surface area contributed by atoms with Crippen LogP contribution in [0.15, 0.2) is 53.9 Å². The van der Waals surface area contributed by atoms with Crippen molar-refractivity contribution in [3.8, 4) is 17.1 Å². The molecule has 2 aromatic carbocycles. The van der Waals surface area contributed by atoms with Crippen molar-refractivity contribution < 1.29 is 4.74 Å². The maximum absolute atomic E-state index is 5.84. The van der Waals surface area contributed by atoms with E-state index >= 15 is 0 Å². The van der Waals surface area contributed by atoms with Gasteiger partial charge in [0.15, 0.2) is 0 Å². The number of rotatable bonds is 11. The summed E-state index contributed by atoms with van der Waals surface area (Å²) >= 11 is 1.80. The molecule has 0 spiro atoms. The summed E-state index contributed by atoms with van der Waals surface area (Å²) in [6.07, 6.45) is 7.07. The molecule has 5 heteroatoms. The molecule has 0 N–H and O–H groups in total. The highest BCUT2D eigenvalue weighted by Gasteiger charge is 2.13. The third kappa shape index (κ3) is 6.17. The first kappa shape index (κ1) is 23.4. The second-order valence-electron chi connectivity index (χ2n) is 8.75. The first-order valence-electron chi connectivity index (χ1n) is 12.1. The van der Waals surface area contributed by atoms with Gasteiger partial charge in [0, 0.05) is 16.9 Å². The van der Waals surface area contributed by atoms with Gasteiger partial charge in [0.1, 0.15) is 5.69 Å². The first-order valence-corrected chi connectivity index (χ1v) is 12.9. The van der Waals surface area contributed by atoms with E-state index < -0.39 is 0 Å². The number of unbranched alkanes of at least 4 members (excludes halogenated alkanes) is 3. The van der Waals surface area contributed by atoms with Crippen LogP contribution in [0.3, 0.4) is 0 Å². The Morgan fingerprint density at radius 1 is 0.848 bits per heavy atom. The Balaban J connectivity index is 1.34. The van der Waals surface area contributed by atoms with E-state index in [1.54, 1.807) is 11.3 Å². The molecule has 0 bridgehead atoms. The number of fused-ring (bicyclic) bond motifs is 1. The number of benzene rings is 2. The van der Waals surface area contributed by atoms with E-state index in [0.29, 0.717) is 18.4 Å². The van der Waals surface area contributed by atoms with Crippen molar-refractivity contribution in [2.24, 2.45) is 0 Å². The highest BCUT2D eigenvalue weighted by Crippen LogP contribution is 2.30. The van der Waals surface area contributed by atoms with Gasteiger partial charge >= 0.3 is 0 Å². The Kier molecular flexibility index (Phi) is 8.05. The third-order valence-electron chi connectivity index (χ3n) is 5.73. The molecule has 33 heavy (non-hydrogen) atoms. The molecular weight excluding hydrogens is 426 g/mol. The molecule has 0 fully saturated rings. The molecule has 0 aliphatic heterocycles. The lowest BCUT2D eigenvalue weighted by Crippen LogP contribution is -2.00. The third-order valence-corrected chi connectivity index (χ3v) is 6.93. The number of hydrogen-bond acceptors (Lipinski definition) is 5. The van der Waals surface area contributed by atoms with Crippen LogP contribution in [0.5, 0.6) is 5.88 Å². The predicted molar refractivity (Wildman–Crippen MR) is 138 cm³/mol. The minimum atomic E-state index is 0.532. The van der Waals surface area contributed by atoms with E-state index in [-0.39, 0.29) is 0 Å². The molecule has 2 heterocycles. The fraction of sp³-hybridized carbons (Fsp3) is 0.393. The largest absolute Gasteiger partial charge is 0.476 e. The summed E-state index contributed by atoms with van der Waals surface area (Å²) in [6, 6.07) is 16.6. The topological polar surface area (TPSA) is 47.9 Å². The fourth-order valence-corrected chi connectivity index (χ4v) is 4.84. The van der Waals surface area contributed by atoms with E-state index in [4.69, 9.17) is 19.7 Å². The monoisotopic (exact) mass is 459 g/mol. The molecule has 0 atom stereocenters. The predicted octanol–water partition coefficient (Wildman–Crippen LogP) is 7.62. The van der Waals surface area contributed by atoms with E-state index in [9.17, 15) is 0 Å². The first-order chi connectivity index (χ1) is 16.1. The highest BCUT2D eigenvalue weighted by atomic mass is 32.1. The zero-order valence-electron chi connectivity index (χ0n) is 19.9. The molecule has 0 unspecified atom stereocenters. The second kappa shape index (κ2) is 11.4. The molecule has 0 aliphatic carbocycles. The minimum absolute atomic E-state index is 0.532. The van der Waals surface area contributed by atoms with Crippen LogP contribution >= 0.6 is 11.3 Å². The van der Waals surface area contributed by atoms with Gasteiger partial charge in [0.25, 0.3) is 0 Å². The molecule has 0 radical (unpaired) electrons. The van der Waals surface area contributed by atoms with Crippen LogP contribution in [0.2, 0.25) is 0 Å². The minimum Gasteiger partial charge on any atom is -0.476 e. The van der Waals surface area contributed by atoms with Crippen molar-refractivity contribution in [2.75, 3.05) is 6.61 Å². The normalized spacial score (nSPS) is 11.4. The van der Waals surface area contributed by atoms with Gasteiger partial charge in [-0.2, -0.15) is 0 Å². The summed E-state index contributed by atoms with van der Waals surface area (Å²) in [7, 11) is 0. The number of nitrogens with zero attached hydrogens (tertiary/aromatic N) is 3.